The number of aryl methyl sites for hydroxylation is 1. The molecule has 1 aliphatic rings. The second kappa shape index (κ2) is 6.49. The minimum absolute atomic E-state index is 0.0656. The number of fused-ring (bicyclic) bond motifs is 2. The summed E-state index contributed by atoms with van der Waals surface area (Å²) in [4.78, 5) is 19.4. The molecule has 0 fully saturated rings. The number of nitrogens with zero attached hydrogens (tertiary/aromatic N) is 6. The third-order valence-electron chi connectivity index (χ3n) is 5.14. The van der Waals surface area contributed by atoms with Crippen molar-refractivity contribution in [2.24, 2.45) is 0 Å². The monoisotopic (exact) mass is 390 g/mol. The number of hydrogen-bond donors (Lipinski definition) is 0. The van der Waals surface area contributed by atoms with E-state index in [1.54, 1.807) is 15.8 Å². The van der Waals surface area contributed by atoms with Gasteiger partial charge < -0.3 is 0 Å². The zero-order valence-corrected chi connectivity index (χ0v) is 16.3. The number of rotatable bonds is 3. The Morgan fingerprint density at radius 2 is 2.11 bits per heavy atom. The Bertz CT molecular complexity index is 1200. The summed E-state index contributed by atoms with van der Waals surface area (Å²) in [7, 11) is 0. The van der Waals surface area contributed by atoms with Crippen molar-refractivity contribution in [2.75, 3.05) is 11.4 Å². The molecule has 8 heteroatoms. The molecule has 1 aliphatic heterocycles. The van der Waals surface area contributed by atoms with Crippen LogP contribution in [0.25, 0.3) is 10.9 Å². The van der Waals surface area contributed by atoms with E-state index in [1.165, 1.54) is 11.5 Å². The molecule has 4 heterocycles. The molecule has 0 spiro atoms. The molecule has 5 rings (SSSR count). The van der Waals surface area contributed by atoms with E-state index in [-0.39, 0.29) is 11.9 Å². The van der Waals surface area contributed by atoms with Gasteiger partial charge in [-0.05, 0) is 55.2 Å². The van der Waals surface area contributed by atoms with Gasteiger partial charge in [-0.15, -0.1) is 5.10 Å². The highest BCUT2D eigenvalue weighted by Gasteiger charge is 2.33. The highest BCUT2D eigenvalue weighted by Crippen LogP contribution is 2.30. The fraction of sp³-hybridized carbons (Fsp3) is 0.250. The molecule has 140 valence electrons. The van der Waals surface area contributed by atoms with Gasteiger partial charge in [0, 0.05) is 24.5 Å². The van der Waals surface area contributed by atoms with Gasteiger partial charge in [0.2, 0.25) is 0 Å². The van der Waals surface area contributed by atoms with Gasteiger partial charge in [-0.1, -0.05) is 17.3 Å². The molecule has 0 N–H and O–H groups in total. The number of hydrogen-bond acceptors (Lipinski definition) is 6. The first-order valence-electron chi connectivity index (χ1n) is 9.16. The molecule has 1 aromatic carbocycles. The Balaban J connectivity index is 1.53. The van der Waals surface area contributed by atoms with Gasteiger partial charge in [0.05, 0.1) is 22.9 Å². The summed E-state index contributed by atoms with van der Waals surface area (Å²) < 4.78 is 6.05. The van der Waals surface area contributed by atoms with Gasteiger partial charge in [0.1, 0.15) is 5.00 Å². The number of amides is 1. The fourth-order valence-electron chi connectivity index (χ4n) is 3.62. The van der Waals surface area contributed by atoms with Crippen LogP contribution in [-0.4, -0.2) is 36.8 Å². The van der Waals surface area contributed by atoms with Crippen molar-refractivity contribution in [3.05, 3.63) is 65.2 Å². The third kappa shape index (κ3) is 2.68. The highest BCUT2D eigenvalue weighted by molar-refractivity contribution is 7.10. The van der Waals surface area contributed by atoms with Crippen molar-refractivity contribution in [3.8, 4) is 0 Å². The molecule has 1 atom stereocenters. The predicted octanol–water partition coefficient (Wildman–Crippen LogP) is 3.40. The Morgan fingerprint density at radius 1 is 1.21 bits per heavy atom. The van der Waals surface area contributed by atoms with Gasteiger partial charge >= 0.3 is 0 Å². The second-order valence-corrected chi connectivity index (χ2v) is 7.76. The summed E-state index contributed by atoms with van der Waals surface area (Å²) in [5.74, 6) is -0.0656. The Kier molecular flexibility index (Phi) is 3.94. The zero-order chi connectivity index (χ0) is 19.3. The van der Waals surface area contributed by atoms with Crippen LogP contribution in [-0.2, 0) is 6.42 Å². The van der Waals surface area contributed by atoms with Crippen LogP contribution < -0.4 is 4.90 Å². The third-order valence-corrected chi connectivity index (χ3v) is 6.05. The number of aromatic nitrogens is 5. The lowest BCUT2D eigenvalue weighted by atomic mass is 10.0. The van der Waals surface area contributed by atoms with Crippen molar-refractivity contribution in [1.29, 1.82) is 0 Å². The van der Waals surface area contributed by atoms with Gasteiger partial charge in [0.15, 0.2) is 5.69 Å². The Morgan fingerprint density at radius 3 is 2.93 bits per heavy atom. The first kappa shape index (κ1) is 17.0. The van der Waals surface area contributed by atoms with Crippen LogP contribution in [0.4, 0.5) is 5.00 Å². The number of benzene rings is 1. The molecule has 0 saturated carbocycles. The first-order chi connectivity index (χ1) is 13.6. The van der Waals surface area contributed by atoms with Crippen molar-refractivity contribution in [3.63, 3.8) is 0 Å². The van der Waals surface area contributed by atoms with Crippen molar-refractivity contribution >= 4 is 33.3 Å². The van der Waals surface area contributed by atoms with Crippen LogP contribution in [0.1, 0.15) is 40.4 Å². The number of carbonyl (C=O) groups excluding carboxylic acids is 1. The van der Waals surface area contributed by atoms with E-state index in [2.05, 4.69) is 25.7 Å². The molecule has 0 radical (unpaired) electrons. The van der Waals surface area contributed by atoms with Crippen LogP contribution in [0, 0.1) is 6.92 Å². The van der Waals surface area contributed by atoms with Gasteiger partial charge in [-0.3, -0.25) is 14.7 Å². The summed E-state index contributed by atoms with van der Waals surface area (Å²) in [6.45, 7) is 4.57. The van der Waals surface area contributed by atoms with E-state index in [0.717, 1.165) is 32.9 Å². The average molecular weight is 390 g/mol. The second-order valence-electron chi connectivity index (χ2n) is 6.97. The zero-order valence-electron chi connectivity index (χ0n) is 15.5. The smallest absolute Gasteiger partial charge is 0.279 e. The van der Waals surface area contributed by atoms with Crippen molar-refractivity contribution in [2.45, 2.75) is 26.3 Å². The van der Waals surface area contributed by atoms with E-state index < -0.39 is 0 Å². The summed E-state index contributed by atoms with van der Waals surface area (Å²) in [5, 5.41) is 10.5. The lowest BCUT2D eigenvalue weighted by Gasteiger charge is -2.26. The minimum Gasteiger partial charge on any atom is -0.297 e. The molecular formula is C20H18N6OS. The van der Waals surface area contributed by atoms with Gasteiger partial charge in [-0.25, -0.2) is 4.68 Å². The van der Waals surface area contributed by atoms with E-state index in [4.69, 9.17) is 0 Å². The maximum atomic E-state index is 13.3. The van der Waals surface area contributed by atoms with Crippen LogP contribution >= 0.6 is 11.5 Å². The number of anilines is 1. The normalized spacial score (nSPS) is 15.1. The SMILES string of the molecule is Cc1cc(N2CCc3nnn([C@H](C)c4ccc5ncccc5c4)c3C2=O)sn1. The molecule has 0 unspecified atom stereocenters. The first-order valence-corrected chi connectivity index (χ1v) is 9.93. The van der Waals surface area contributed by atoms with Crippen molar-refractivity contribution < 1.29 is 4.79 Å². The molecule has 28 heavy (non-hydrogen) atoms. The minimum atomic E-state index is -0.118. The fourth-order valence-corrected chi connectivity index (χ4v) is 4.40. The van der Waals surface area contributed by atoms with E-state index in [0.29, 0.717) is 18.7 Å². The Hall–Kier alpha value is -3.13. The number of carbonyl (C=O) groups is 1. The van der Waals surface area contributed by atoms with Crippen LogP contribution in [0.2, 0.25) is 0 Å². The molecule has 4 aromatic rings. The summed E-state index contributed by atoms with van der Waals surface area (Å²) in [6, 6.07) is 11.9. The van der Waals surface area contributed by atoms with Crippen LogP contribution in [0.5, 0.6) is 0 Å². The number of pyridine rings is 1. The summed E-state index contributed by atoms with van der Waals surface area (Å²) in [6.07, 6.45) is 2.47. The lowest BCUT2D eigenvalue weighted by molar-refractivity contribution is 0.0969. The Labute approximate surface area is 165 Å². The molecule has 0 saturated heterocycles. The maximum Gasteiger partial charge on any atom is 0.279 e. The van der Waals surface area contributed by atoms with Crippen LogP contribution in [0.3, 0.4) is 0 Å². The predicted molar refractivity (Wildman–Crippen MR) is 108 cm³/mol. The average Bonchev–Trinajstić information content (AvgIpc) is 3.34. The standard InChI is InChI=1S/C20H18N6OS/c1-12-10-18(28-23-12)25-9-7-17-19(20(25)27)26(24-22-17)13(2)14-5-6-16-15(11-14)4-3-8-21-16/h3-6,8,10-11,13H,7,9H2,1-2H3/t13-/m1/s1. The van der Waals surface area contributed by atoms with Gasteiger partial charge in [-0.2, -0.15) is 4.37 Å². The topological polar surface area (TPSA) is 76.8 Å². The van der Waals surface area contributed by atoms with Crippen molar-refractivity contribution in [1.82, 2.24) is 24.4 Å². The summed E-state index contributed by atoms with van der Waals surface area (Å²) >= 11 is 1.35. The molecule has 1 amide bonds. The van der Waals surface area contributed by atoms with E-state index in [1.807, 2.05) is 44.2 Å². The molecule has 0 aliphatic carbocycles. The lowest BCUT2D eigenvalue weighted by Crippen LogP contribution is -2.39. The maximum absolute atomic E-state index is 13.3. The highest BCUT2D eigenvalue weighted by atomic mass is 32.1. The molecule has 3 aromatic heterocycles. The van der Waals surface area contributed by atoms with E-state index in [9.17, 15) is 4.79 Å². The van der Waals surface area contributed by atoms with Gasteiger partial charge in [0.25, 0.3) is 5.91 Å². The van der Waals surface area contributed by atoms with Crippen LogP contribution in [0.15, 0.2) is 42.6 Å². The summed E-state index contributed by atoms with van der Waals surface area (Å²) in [5.41, 5.74) is 4.25. The quantitative estimate of drug-likeness (QED) is 0.536. The van der Waals surface area contributed by atoms with E-state index >= 15 is 0 Å². The molecule has 0 bridgehead atoms. The molecular weight excluding hydrogens is 372 g/mol. The largest absolute Gasteiger partial charge is 0.297 e. The molecule has 7 nitrogen and oxygen atoms in total.